The molecule has 3 aromatic carbocycles. The molecule has 2 aliphatic heterocycles. The molecule has 1 saturated heterocycles. The number of rotatable bonds is 8. The van der Waals surface area contributed by atoms with Crippen LogP contribution in [0, 0.1) is 5.92 Å². The monoisotopic (exact) mass is 597 g/mol. The predicted octanol–water partition coefficient (Wildman–Crippen LogP) is 3.90. The molecule has 0 unspecified atom stereocenters. The lowest BCUT2D eigenvalue weighted by molar-refractivity contribution is -0.129. The maximum absolute atomic E-state index is 13.9. The Morgan fingerprint density at radius 2 is 1.80 bits per heavy atom. The zero-order valence-corrected chi connectivity index (χ0v) is 24.2. The first-order chi connectivity index (χ1) is 19.8. The number of nitrogens with zero attached hydrogens (tertiary/aromatic N) is 2. The molecule has 41 heavy (non-hydrogen) atoms. The summed E-state index contributed by atoms with van der Waals surface area (Å²) < 4.78 is 39.8. The van der Waals surface area contributed by atoms with Crippen LogP contribution in [0.5, 0.6) is 11.5 Å². The summed E-state index contributed by atoms with van der Waals surface area (Å²) >= 11 is 6.11. The highest BCUT2D eigenvalue weighted by Gasteiger charge is 2.40. The molecule has 0 saturated carbocycles. The first kappa shape index (κ1) is 28.9. The number of piperidine rings is 1. The molecule has 2 atom stereocenters. The molecule has 1 fully saturated rings. The molecule has 9 nitrogen and oxygen atoms in total. The van der Waals surface area contributed by atoms with Crippen LogP contribution in [0.2, 0.25) is 5.02 Å². The number of amides is 2. The Morgan fingerprint density at radius 3 is 2.59 bits per heavy atom. The Kier molecular flexibility index (Phi) is 8.82. The van der Waals surface area contributed by atoms with Gasteiger partial charge in [0, 0.05) is 24.7 Å². The van der Waals surface area contributed by atoms with E-state index in [-0.39, 0.29) is 47.1 Å². The van der Waals surface area contributed by atoms with Gasteiger partial charge in [0.25, 0.3) is 5.91 Å². The second-order valence-electron chi connectivity index (χ2n) is 10.0. The van der Waals surface area contributed by atoms with E-state index in [1.807, 2.05) is 30.3 Å². The molecular weight excluding hydrogens is 566 g/mol. The van der Waals surface area contributed by atoms with Gasteiger partial charge in [-0.15, -0.1) is 0 Å². The van der Waals surface area contributed by atoms with Crippen molar-refractivity contribution in [2.75, 3.05) is 38.2 Å². The lowest BCUT2D eigenvalue weighted by Crippen LogP contribution is -2.54. The van der Waals surface area contributed by atoms with Gasteiger partial charge < -0.3 is 19.7 Å². The van der Waals surface area contributed by atoms with Crippen LogP contribution in [-0.4, -0.2) is 63.9 Å². The fraction of sp³-hybridized carbons (Fsp3) is 0.333. The second-order valence-corrected chi connectivity index (χ2v) is 12.4. The van der Waals surface area contributed by atoms with E-state index < -0.39 is 22.0 Å². The smallest absolute Gasteiger partial charge is 0.262 e. The second kappa shape index (κ2) is 12.5. The topological polar surface area (TPSA) is 105 Å². The molecule has 0 radical (unpaired) electrons. The van der Waals surface area contributed by atoms with Gasteiger partial charge in [0.15, 0.2) is 6.10 Å². The van der Waals surface area contributed by atoms with Crippen molar-refractivity contribution >= 4 is 39.1 Å². The van der Waals surface area contributed by atoms with Crippen molar-refractivity contribution in [2.24, 2.45) is 5.92 Å². The van der Waals surface area contributed by atoms with Crippen LogP contribution in [0.4, 0.5) is 5.69 Å². The number of hydrogen-bond acceptors (Lipinski definition) is 6. The van der Waals surface area contributed by atoms with Gasteiger partial charge >= 0.3 is 0 Å². The number of sulfonamides is 1. The highest BCUT2D eigenvalue weighted by molar-refractivity contribution is 7.89. The van der Waals surface area contributed by atoms with Crippen molar-refractivity contribution in [3.8, 4) is 11.5 Å². The third kappa shape index (κ3) is 6.34. The molecule has 2 amide bonds. The lowest BCUT2D eigenvalue weighted by atomic mass is 9.97. The van der Waals surface area contributed by atoms with Crippen molar-refractivity contribution in [3.05, 3.63) is 83.4 Å². The summed E-state index contributed by atoms with van der Waals surface area (Å²) in [6.45, 7) is 0.733. The van der Waals surface area contributed by atoms with Gasteiger partial charge in [0.05, 0.1) is 25.3 Å². The van der Waals surface area contributed by atoms with E-state index in [1.165, 1.54) is 23.5 Å². The van der Waals surface area contributed by atoms with Crippen molar-refractivity contribution in [1.82, 2.24) is 9.62 Å². The van der Waals surface area contributed by atoms with Crippen molar-refractivity contribution in [1.29, 1.82) is 0 Å². The summed E-state index contributed by atoms with van der Waals surface area (Å²) in [5.41, 5.74) is 1.66. The molecule has 2 heterocycles. The van der Waals surface area contributed by atoms with Crippen LogP contribution in [0.15, 0.2) is 77.7 Å². The average Bonchev–Trinajstić information content (AvgIpc) is 3.00. The molecule has 0 aliphatic carbocycles. The summed E-state index contributed by atoms with van der Waals surface area (Å²) in [5, 5.41) is 3.19. The van der Waals surface area contributed by atoms with Gasteiger partial charge in [0.1, 0.15) is 16.4 Å². The molecule has 216 valence electrons. The van der Waals surface area contributed by atoms with E-state index >= 15 is 0 Å². The molecule has 0 spiro atoms. The maximum atomic E-state index is 13.9. The minimum atomic E-state index is -3.98. The van der Waals surface area contributed by atoms with E-state index in [2.05, 4.69) is 5.32 Å². The number of methoxy groups -OCH3 is 1. The van der Waals surface area contributed by atoms with Crippen LogP contribution >= 0.6 is 11.6 Å². The van der Waals surface area contributed by atoms with E-state index in [0.717, 1.165) is 5.56 Å². The van der Waals surface area contributed by atoms with E-state index in [0.29, 0.717) is 37.2 Å². The lowest BCUT2D eigenvalue weighted by Gasteiger charge is -2.38. The largest absolute Gasteiger partial charge is 0.495 e. The fourth-order valence-corrected chi connectivity index (χ4v) is 7.18. The number of halogens is 1. The van der Waals surface area contributed by atoms with Gasteiger partial charge in [-0.2, -0.15) is 4.31 Å². The summed E-state index contributed by atoms with van der Waals surface area (Å²) in [4.78, 5) is 28.5. The van der Waals surface area contributed by atoms with Crippen molar-refractivity contribution in [3.63, 3.8) is 0 Å². The Balaban J connectivity index is 1.31. The quantitative estimate of drug-likeness (QED) is 0.422. The minimum absolute atomic E-state index is 0.00426. The SMILES string of the molecule is COc1ccc(Cl)cc1S(=O)(=O)N1CCC[C@@H](C(=O)N2C[C@H](C(=O)NCCc3ccccc3)Oc3ccccc32)C1. The normalized spacial score (nSPS) is 19.1. The molecular formula is C30H32ClN3O6S. The van der Waals surface area contributed by atoms with Gasteiger partial charge in [0.2, 0.25) is 15.9 Å². The predicted molar refractivity (Wildman–Crippen MR) is 156 cm³/mol. The molecule has 3 aromatic rings. The van der Waals surface area contributed by atoms with Gasteiger partial charge in [-0.25, -0.2) is 8.42 Å². The van der Waals surface area contributed by atoms with Crippen LogP contribution < -0.4 is 19.7 Å². The van der Waals surface area contributed by atoms with Crippen LogP contribution in [-0.2, 0) is 26.0 Å². The molecule has 0 bridgehead atoms. The summed E-state index contributed by atoms with van der Waals surface area (Å²) in [6, 6.07) is 21.3. The highest BCUT2D eigenvalue weighted by Crippen LogP contribution is 2.36. The summed E-state index contributed by atoms with van der Waals surface area (Å²) in [5.74, 6) is -0.545. The minimum Gasteiger partial charge on any atom is -0.495 e. The number of nitrogens with one attached hydrogen (secondary N) is 1. The van der Waals surface area contributed by atoms with E-state index in [9.17, 15) is 18.0 Å². The highest BCUT2D eigenvalue weighted by atomic mass is 35.5. The maximum Gasteiger partial charge on any atom is 0.262 e. The van der Waals surface area contributed by atoms with Crippen LogP contribution in [0.3, 0.4) is 0 Å². The first-order valence-corrected chi connectivity index (χ1v) is 15.3. The number of hydrogen-bond donors (Lipinski definition) is 1. The number of para-hydroxylation sites is 2. The Morgan fingerprint density at radius 1 is 1.05 bits per heavy atom. The third-order valence-corrected chi connectivity index (χ3v) is 9.49. The number of ether oxygens (including phenoxy) is 2. The van der Waals surface area contributed by atoms with Crippen molar-refractivity contribution in [2.45, 2.75) is 30.3 Å². The Hall–Kier alpha value is -3.60. The van der Waals surface area contributed by atoms with E-state index in [1.54, 1.807) is 35.2 Å². The number of carbonyl (C=O) groups is 2. The van der Waals surface area contributed by atoms with Gasteiger partial charge in [-0.3, -0.25) is 9.59 Å². The number of benzene rings is 3. The van der Waals surface area contributed by atoms with Crippen LogP contribution in [0.1, 0.15) is 18.4 Å². The molecule has 2 aliphatic rings. The number of anilines is 1. The Bertz CT molecular complexity index is 1520. The first-order valence-electron chi connectivity index (χ1n) is 13.5. The molecule has 11 heteroatoms. The van der Waals surface area contributed by atoms with E-state index in [4.69, 9.17) is 21.1 Å². The fourth-order valence-electron chi connectivity index (χ4n) is 5.24. The zero-order chi connectivity index (χ0) is 29.0. The Labute approximate surface area is 245 Å². The average molecular weight is 598 g/mol. The van der Waals surface area contributed by atoms with Gasteiger partial charge in [-0.05, 0) is 55.2 Å². The molecule has 1 N–H and O–H groups in total. The summed E-state index contributed by atoms with van der Waals surface area (Å²) in [7, 11) is -2.58. The molecule has 5 rings (SSSR count). The third-order valence-electron chi connectivity index (χ3n) is 7.36. The number of fused-ring (bicyclic) bond motifs is 1. The van der Waals surface area contributed by atoms with Crippen LogP contribution in [0.25, 0.3) is 0 Å². The summed E-state index contributed by atoms with van der Waals surface area (Å²) in [6.07, 6.45) is 0.796. The van der Waals surface area contributed by atoms with Crippen molar-refractivity contribution < 1.29 is 27.5 Å². The molecule has 0 aromatic heterocycles. The standard InChI is InChI=1S/C30H32ClN3O6S/c1-39-26-14-13-23(31)18-28(26)41(37,38)33-17-7-10-22(19-33)30(36)34-20-27(40-25-12-6-5-11-24(25)34)29(35)32-16-15-21-8-3-2-4-9-21/h2-6,8-9,11-14,18,22,27H,7,10,15-17,19-20H2,1H3,(H,32,35)/t22-,27-/m1/s1. The zero-order valence-electron chi connectivity index (χ0n) is 22.7. The van der Waals surface area contributed by atoms with Gasteiger partial charge in [-0.1, -0.05) is 54.1 Å². The number of carbonyl (C=O) groups excluding carboxylic acids is 2.